The van der Waals surface area contributed by atoms with Gasteiger partial charge in [-0.1, -0.05) is 30.3 Å². The van der Waals surface area contributed by atoms with Crippen LogP contribution in [0.25, 0.3) is 0 Å². The van der Waals surface area contributed by atoms with Crippen LogP contribution in [0.2, 0.25) is 0 Å². The van der Waals surface area contributed by atoms with E-state index in [1.165, 1.54) is 16.4 Å². The average Bonchev–Trinajstić information content (AvgIpc) is 3.16. The first-order chi connectivity index (χ1) is 14.3. The summed E-state index contributed by atoms with van der Waals surface area (Å²) in [6, 6.07) is 20.1. The van der Waals surface area contributed by atoms with Gasteiger partial charge in [-0.15, -0.1) is 0 Å². The van der Waals surface area contributed by atoms with Crippen molar-refractivity contribution < 1.29 is 17.6 Å². The van der Waals surface area contributed by atoms with Crippen molar-refractivity contribution in [2.45, 2.75) is 13.0 Å². The van der Waals surface area contributed by atoms with Crippen LogP contribution >= 0.6 is 0 Å². The highest BCUT2D eigenvalue weighted by molar-refractivity contribution is 7.92. The van der Waals surface area contributed by atoms with Crippen LogP contribution in [0.15, 0.2) is 72.8 Å². The van der Waals surface area contributed by atoms with E-state index in [4.69, 9.17) is 0 Å². The first-order valence-corrected chi connectivity index (χ1v) is 11.4. The lowest BCUT2D eigenvalue weighted by atomic mass is 10.1. The number of hydrogen-bond acceptors (Lipinski definition) is 3. The fourth-order valence-corrected chi connectivity index (χ4v) is 4.52. The lowest BCUT2D eigenvalue weighted by Gasteiger charge is -2.23. The van der Waals surface area contributed by atoms with Gasteiger partial charge in [-0.2, -0.15) is 0 Å². The number of carbonyl (C=O) groups excluding carboxylic acids is 1. The second kappa shape index (κ2) is 7.91. The molecular formula is C23H21FN2O3S. The largest absolute Gasteiger partial charge is 0.308 e. The quantitative estimate of drug-likeness (QED) is 0.622. The maximum Gasteiger partial charge on any atom is 0.258 e. The zero-order valence-corrected chi connectivity index (χ0v) is 17.3. The molecule has 0 saturated heterocycles. The summed E-state index contributed by atoms with van der Waals surface area (Å²) in [6.45, 7) is 0.700. The molecule has 0 bridgehead atoms. The molecule has 1 heterocycles. The van der Waals surface area contributed by atoms with E-state index in [1.54, 1.807) is 41.3 Å². The summed E-state index contributed by atoms with van der Waals surface area (Å²) < 4.78 is 39.1. The van der Waals surface area contributed by atoms with Crippen LogP contribution in [0.4, 0.5) is 15.8 Å². The molecule has 5 nitrogen and oxygen atoms in total. The van der Waals surface area contributed by atoms with Gasteiger partial charge in [0.15, 0.2) is 0 Å². The van der Waals surface area contributed by atoms with Gasteiger partial charge in [0.25, 0.3) is 5.91 Å². The van der Waals surface area contributed by atoms with Crippen LogP contribution in [0.3, 0.4) is 0 Å². The Bertz CT molecular complexity index is 1180. The molecule has 30 heavy (non-hydrogen) atoms. The van der Waals surface area contributed by atoms with Crippen molar-refractivity contribution in [2.75, 3.05) is 22.0 Å². The molecule has 1 aliphatic heterocycles. The van der Waals surface area contributed by atoms with Crippen molar-refractivity contribution in [3.8, 4) is 0 Å². The number of anilines is 2. The number of carbonyl (C=O) groups is 1. The summed E-state index contributed by atoms with van der Waals surface area (Å²) in [5, 5.41) is 0. The summed E-state index contributed by atoms with van der Waals surface area (Å²) in [7, 11) is -3.57. The van der Waals surface area contributed by atoms with Gasteiger partial charge >= 0.3 is 0 Å². The molecule has 154 valence electrons. The molecule has 0 unspecified atom stereocenters. The minimum absolute atomic E-state index is 0.0753. The molecule has 3 aromatic carbocycles. The van der Waals surface area contributed by atoms with Crippen molar-refractivity contribution in [1.82, 2.24) is 0 Å². The number of rotatable bonds is 5. The molecule has 0 atom stereocenters. The molecule has 0 fully saturated rings. The van der Waals surface area contributed by atoms with Gasteiger partial charge < -0.3 is 4.90 Å². The summed E-state index contributed by atoms with van der Waals surface area (Å²) in [4.78, 5) is 14.7. The maximum atomic E-state index is 13.2. The third-order valence-electron chi connectivity index (χ3n) is 5.17. The first-order valence-electron chi connectivity index (χ1n) is 9.55. The number of nitrogens with zero attached hydrogens (tertiary/aromatic N) is 2. The van der Waals surface area contributed by atoms with Crippen LogP contribution in [0.1, 0.15) is 21.5 Å². The minimum atomic E-state index is -3.57. The van der Waals surface area contributed by atoms with Crippen molar-refractivity contribution in [3.05, 3.63) is 95.3 Å². The Morgan fingerprint density at radius 1 is 1.00 bits per heavy atom. The zero-order chi connectivity index (χ0) is 21.3. The highest BCUT2D eigenvalue weighted by Crippen LogP contribution is 2.29. The average molecular weight is 424 g/mol. The number of sulfonamides is 1. The predicted octanol–water partition coefficient (Wildman–Crippen LogP) is 3.99. The standard InChI is InChI=1S/C23H21FN2O3S/c1-30(28,29)26(16-17-6-10-20(24)11-7-17)21-12-8-19(9-13-21)23(27)25-15-14-18-4-2-3-5-22(18)25/h2-13H,14-16H2,1H3. The van der Waals surface area contributed by atoms with Crippen molar-refractivity contribution in [3.63, 3.8) is 0 Å². The monoisotopic (exact) mass is 424 g/mol. The van der Waals surface area contributed by atoms with Gasteiger partial charge in [-0.3, -0.25) is 9.10 Å². The van der Waals surface area contributed by atoms with Gasteiger partial charge in [0, 0.05) is 17.8 Å². The summed E-state index contributed by atoms with van der Waals surface area (Å²) >= 11 is 0. The van der Waals surface area contributed by atoms with E-state index in [-0.39, 0.29) is 18.3 Å². The van der Waals surface area contributed by atoms with Crippen molar-refractivity contribution >= 4 is 27.3 Å². The molecule has 3 aromatic rings. The van der Waals surface area contributed by atoms with E-state index >= 15 is 0 Å². The minimum Gasteiger partial charge on any atom is -0.308 e. The predicted molar refractivity (Wildman–Crippen MR) is 116 cm³/mol. The molecule has 4 rings (SSSR count). The van der Waals surface area contributed by atoms with E-state index in [0.29, 0.717) is 23.4 Å². The third kappa shape index (κ3) is 4.07. The van der Waals surface area contributed by atoms with Crippen LogP contribution < -0.4 is 9.21 Å². The molecule has 0 saturated carbocycles. The van der Waals surface area contributed by atoms with Gasteiger partial charge in [-0.05, 0) is 60.0 Å². The van der Waals surface area contributed by atoms with E-state index < -0.39 is 10.0 Å². The molecular weight excluding hydrogens is 403 g/mol. The molecule has 0 spiro atoms. The lowest BCUT2D eigenvalue weighted by molar-refractivity contribution is 0.0989. The zero-order valence-electron chi connectivity index (χ0n) is 16.5. The highest BCUT2D eigenvalue weighted by Gasteiger charge is 2.25. The second-order valence-corrected chi connectivity index (χ2v) is 9.19. The third-order valence-corrected chi connectivity index (χ3v) is 6.31. The van der Waals surface area contributed by atoms with Gasteiger partial charge in [0.1, 0.15) is 5.82 Å². The number of fused-ring (bicyclic) bond motifs is 1. The number of hydrogen-bond donors (Lipinski definition) is 0. The molecule has 0 radical (unpaired) electrons. The van der Waals surface area contributed by atoms with Crippen LogP contribution in [0.5, 0.6) is 0 Å². The van der Waals surface area contributed by atoms with Crippen molar-refractivity contribution in [2.24, 2.45) is 0 Å². The Balaban J connectivity index is 1.58. The molecule has 1 aliphatic rings. The van der Waals surface area contributed by atoms with E-state index in [9.17, 15) is 17.6 Å². The van der Waals surface area contributed by atoms with E-state index in [2.05, 4.69) is 0 Å². The maximum absolute atomic E-state index is 13.2. The van der Waals surface area contributed by atoms with Crippen LogP contribution in [-0.2, 0) is 23.0 Å². The Morgan fingerprint density at radius 3 is 2.33 bits per heavy atom. The molecule has 1 amide bonds. The van der Waals surface area contributed by atoms with Gasteiger partial charge in [-0.25, -0.2) is 12.8 Å². The normalized spacial score (nSPS) is 13.2. The fraction of sp³-hybridized carbons (Fsp3) is 0.174. The highest BCUT2D eigenvalue weighted by atomic mass is 32.2. The van der Waals surface area contributed by atoms with Crippen molar-refractivity contribution in [1.29, 1.82) is 0 Å². The second-order valence-electron chi connectivity index (χ2n) is 7.28. The fourth-order valence-electron chi connectivity index (χ4n) is 3.63. The molecule has 0 aliphatic carbocycles. The Kier molecular flexibility index (Phi) is 5.30. The Morgan fingerprint density at radius 2 is 1.67 bits per heavy atom. The first kappa shape index (κ1) is 20.1. The van der Waals surface area contributed by atoms with Crippen LogP contribution in [-0.4, -0.2) is 27.1 Å². The summed E-state index contributed by atoms with van der Waals surface area (Å²) in [6.07, 6.45) is 1.94. The van der Waals surface area contributed by atoms with Crippen LogP contribution in [0, 0.1) is 5.82 Å². The summed E-state index contributed by atoms with van der Waals surface area (Å²) in [5.74, 6) is -0.494. The smallest absolute Gasteiger partial charge is 0.258 e. The Labute approximate surface area is 175 Å². The molecule has 7 heteroatoms. The molecule has 0 aromatic heterocycles. The SMILES string of the molecule is CS(=O)(=O)N(Cc1ccc(F)cc1)c1ccc(C(=O)N2CCc3ccccc32)cc1. The number of halogens is 1. The van der Waals surface area contributed by atoms with E-state index in [0.717, 1.165) is 23.9 Å². The number of para-hydroxylation sites is 1. The van der Waals surface area contributed by atoms with Gasteiger partial charge in [0.2, 0.25) is 10.0 Å². The summed E-state index contributed by atoms with van der Waals surface area (Å²) in [5.41, 5.74) is 3.66. The topological polar surface area (TPSA) is 57.7 Å². The molecule has 0 N–H and O–H groups in total. The number of benzene rings is 3. The number of amides is 1. The lowest BCUT2D eigenvalue weighted by Crippen LogP contribution is -2.30. The Hall–Kier alpha value is -3.19. The van der Waals surface area contributed by atoms with Gasteiger partial charge in [0.05, 0.1) is 18.5 Å². The van der Waals surface area contributed by atoms with E-state index in [1.807, 2.05) is 24.3 Å².